The lowest BCUT2D eigenvalue weighted by Crippen LogP contribution is -2.34. The Morgan fingerprint density at radius 1 is 1.60 bits per heavy atom. The van der Waals surface area contributed by atoms with Gasteiger partial charge in [0.25, 0.3) is 10.2 Å². The minimum atomic E-state index is -3.61. The van der Waals surface area contributed by atoms with Gasteiger partial charge in [-0.2, -0.15) is 8.42 Å². The van der Waals surface area contributed by atoms with E-state index in [1.165, 1.54) is 6.20 Å². The van der Waals surface area contributed by atoms with Crippen LogP contribution in [0.15, 0.2) is 12.8 Å². The molecule has 2 N–H and O–H groups in total. The van der Waals surface area contributed by atoms with Crippen LogP contribution in [0.3, 0.4) is 0 Å². The summed E-state index contributed by atoms with van der Waals surface area (Å²) >= 11 is 3.82. The van der Waals surface area contributed by atoms with E-state index >= 15 is 0 Å². The zero-order valence-electron chi connectivity index (χ0n) is 4.87. The number of alkyl halides is 2. The average molecular weight is 388 g/mol. The molecule has 0 amide bonds. The molecule has 0 spiro atoms. The Hall–Kier alpha value is 0.910. The third-order valence-electron chi connectivity index (χ3n) is 0.666. The Morgan fingerprint density at radius 3 is 2.00 bits per heavy atom. The molecule has 0 atom stereocenters. The third-order valence-corrected chi connectivity index (χ3v) is 3.57. The number of hydrogen-bond acceptors (Lipinski definition) is 2. The Bertz CT molecular complexity index is 213. The van der Waals surface area contributed by atoms with E-state index in [0.29, 0.717) is 0 Å². The van der Waals surface area contributed by atoms with Crippen molar-refractivity contribution in [1.82, 2.24) is 4.31 Å². The van der Waals surface area contributed by atoms with E-state index in [1.807, 2.05) is 45.2 Å². The van der Waals surface area contributed by atoms with Gasteiger partial charge in [0, 0.05) is 6.20 Å². The highest BCUT2D eigenvalue weighted by molar-refractivity contribution is 14.2. The number of rotatable bonds is 3. The highest BCUT2D eigenvalue weighted by Gasteiger charge is 2.17. The van der Waals surface area contributed by atoms with Crippen molar-refractivity contribution in [3.05, 3.63) is 12.8 Å². The minimum Gasteiger partial charge on any atom is -0.244 e. The van der Waals surface area contributed by atoms with Crippen LogP contribution in [0, 0.1) is 0 Å². The molecular formula is C3H6I2N2O2S. The van der Waals surface area contributed by atoms with Gasteiger partial charge in [0.15, 0.2) is 0 Å². The van der Waals surface area contributed by atoms with E-state index in [9.17, 15) is 8.42 Å². The fourth-order valence-corrected chi connectivity index (χ4v) is 3.08. The summed E-state index contributed by atoms with van der Waals surface area (Å²) in [4.78, 5) is 0. The molecular weight excluding hydrogens is 382 g/mol. The second-order valence-electron chi connectivity index (χ2n) is 1.34. The molecule has 0 unspecified atom stereocenters. The maximum Gasteiger partial charge on any atom is 0.300 e. The van der Waals surface area contributed by atoms with E-state index in [1.54, 1.807) is 0 Å². The van der Waals surface area contributed by atoms with Crippen molar-refractivity contribution < 1.29 is 8.42 Å². The zero-order valence-corrected chi connectivity index (χ0v) is 10.00. The first-order valence-corrected chi connectivity index (χ1v) is 6.11. The van der Waals surface area contributed by atoms with Crippen LogP contribution in [0.5, 0.6) is 0 Å². The van der Waals surface area contributed by atoms with Crippen LogP contribution in [-0.2, 0) is 10.2 Å². The summed E-state index contributed by atoms with van der Waals surface area (Å²) in [5.74, 6) is 0. The van der Waals surface area contributed by atoms with Crippen LogP contribution in [0.4, 0.5) is 0 Å². The SMILES string of the molecule is C=CN(C(I)I)S(N)(=O)=O. The maximum atomic E-state index is 10.6. The Balaban J connectivity index is 4.54. The molecule has 0 aliphatic heterocycles. The Labute approximate surface area is 87.3 Å². The molecule has 4 nitrogen and oxygen atoms in total. The zero-order chi connectivity index (χ0) is 8.36. The monoisotopic (exact) mass is 388 g/mol. The van der Waals surface area contributed by atoms with Crippen LogP contribution in [0.2, 0.25) is 0 Å². The van der Waals surface area contributed by atoms with Crippen LogP contribution < -0.4 is 5.14 Å². The molecule has 0 heterocycles. The number of nitrogens with zero attached hydrogens (tertiary/aromatic N) is 1. The lowest BCUT2D eigenvalue weighted by atomic mass is 11.0. The second kappa shape index (κ2) is 4.07. The van der Waals surface area contributed by atoms with Gasteiger partial charge >= 0.3 is 0 Å². The van der Waals surface area contributed by atoms with Gasteiger partial charge in [0.1, 0.15) is 2.06 Å². The van der Waals surface area contributed by atoms with Crippen LogP contribution in [-0.4, -0.2) is 14.8 Å². The molecule has 0 saturated heterocycles. The van der Waals surface area contributed by atoms with Crippen molar-refractivity contribution in [2.45, 2.75) is 2.06 Å². The quantitative estimate of drug-likeness (QED) is 0.442. The lowest BCUT2D eigenvalue weighted by molar-refractivity contribution is 0.535. The smallest absolute Gasteiger partial charge is 0.244 e. The number of nitrogens with two attached hydrogens (primary N) is 1. The molecule has 0 rings (SSSR count). The molecule has 60 valence electrons. The molecule has 7 heteroatoms. The number of hydrogen-bond donors (Lipinski definition) is 1. The molecule has 0 bridgehead atoms. The van der Waals surface area contributed by atoms with E-state index < -0.39 is 10.2 Å². The summed E-state index contributed by atoms with van der Waals surface area (Å²) in [6.07, 6.45) is 1.18. The fraction of sp³-hybridized carbons (Fsp3) is 0.333. The fourth-order valence-electron chi connectivity index (χ4n) is 0.295. The molecule has 0 saturated carbocycles. The topological polar surface area (TPSA) is 63.4 Å². The second-order valence-corrected chi connectivity index (χ2v) is 7.53. The molecule has 0 aromatic carbocycles. The highest BCUT2D eigenvalue weighted by Crippen LogP contribution is 2.17. The van der Waals surface area contributed by atoms with Crippen LogP contribution in [0.1, 0.15) is 0 Å². The van der Waals surface area contributed by atoms with Gasteiger partial charge in [-0.15, -0.1) is 0 Å². The van der Waals surface area contributed by atoms with Crippen molar-refractivity contribution in [2.24, 2.45) is 5.14 Å². The predicted molar refractivity (Wildman–Crippen MR) is 57.0 cm³/mol. The summed E-state index contributed by atoms with van der Waals surface area (Å²) in [5.41, 5.74) is 0. The van der Waals surface area contributed by atoms with Gasteiger partial charge in [0.05, 0.1) is 0 Å². The van der Waals surface area contributed by atoms with Crippen LogP contribution >= 0.6 is 45.2 Å². The molecule has 10 heavy (non-hydrogen) atoms. The number of halogens is 2. The van der Waals surface area contributed by atoms with Gasteiger partial charge in [-0.1, -0.05) is 6.58 Å². The van der Waals surface area contributed by atoms with Crippen molar-refractivity contribution in [1.29, 1.82) is 0 Å². The first-order valence-electron chi connectivity index (χ1n) is 2.11. The van der Waals surface area contributed by atoms with Crippen molar-refractivity contribution in [2.75, 3.05) is 0 Å². The lowest BCUT2D eigenvalue weighted by Gasteiger charge is -2.17. The summed E-state index contributed by atoms with van der Waals surface area (Å²) < 4.78 is 22.0. The third kappa shape index (κ3) is 3.34. The largest absolute Gasteiger partial charge is 0.300 e. The van der Waals surface area contributed by atoms with Gasteiger partial charge in [-0.05, 0) is 45.2 Å². The predicted octanol–water partition coefficient (Wildman–Crippen LogP) is 0.789. The standard InChI is InChI=1S/C3H6I2N2O2S/c1-2-7(3(4)5)10(6,8)9/h2-3H,1H2,(H2,6,8,9). The normalized spacial score (nSPS) is 11.6. The minimum absolute atomic E-state index is 0.234. The van der Waals surface area contributed by atoms with E-state index in [4.69, 9.17) is 5.14 Å². The summed E-state index contributed by atoms with van der Waals surface area (Å²) in [5, 5.41) is 4.81. The van der Waals surface area contributed by atoms with Gasteiger partial charge in [-0.3, -0.25) is 0 Å². The average Bonchev–Trinajstić information content (AvgIpc) is 1.60. The van der Waals surface area contributed by atoms with Crippen molar-refractivity contribution in [3.63, 3.8) is 0 Å². The first-order chi connectivity index (χ1) is 4.39. The van der Waals surface area contributed by atoms with E-state index in [0.717, 1.165) is 4.31 Å². The summed E-state index contributed by atoms with van der Waals surface area (Å²) in [7, 11) is -3.61. The molecule has 0 aliphatic rings. The van der Waals surface area contributed by atoms with Crippen molar-refractivity contribution in [3.8, 4) is 0 Å². The first kappa shape index (κ1) is 10.9. The van der Waals surface area contributed by atoms with Crippen molar-refractivity contribution >= 4 is 55.4 Å². The van der Waals surface area contributed by atoms with Crippen LogP contribution in [0.25, 0.3) is 0 Å². The molecule has 0 radical (unpaired) electrons. The summed E-state index contributed by atoms with van der Waals surface area (Å²) in [6, 6.07) is 0. The molecule has 0 aromatic heterocycles. The highest BCUT2D eigenvalue weighted by atomic mass is 127. The van der Waals surface area contributed by atoms with Gasteiger partial charge in [0.2, 0.25) is 0 Å². The maximum absolute atomic E-state index is 10.6. The summed E-state index contributed by atoms with van der Waals surface area (Å²) in [6.45, 7) is 3.31. The molecule has 0 aromatic rings. The van der Waals surface area contributed by atoms with Gasteiger partial charge in [-0.25, -0.2) is 9.44 Å². The van der Waals surface area contributed by atoms with E-state index in [-0.39, 0.29) is 2.06 Å². The molecule has 0 aliphatic carbocycles. The van der Waals surface area contributed by atoms with Gasteiger partial charge < -0.3 is 0 Å². The van der Waals surface area contributed by atoms with E-state index in [2.05, 4.69) is 6.58 Å². The molecule has 0 fully saturated rings. The Morgan fingerprint density at radius 2 is 2.00 bits per heavy atom. The Kier molecular flexibility index (Phi) is 4.44.